The quantitative estimate of drug-likeness (QED) is 0.841. The monoisotopic (exact) mass is 335 g/mol. The van der Waals surface area contributed by atoms with Gasteiger partial charge in [-0.05, 0) is 41.1 Å². The third-order valence-electron chi connectivity index (χ3n) is 2.60. The topological polar surface area (TPSA) is 77.2 Å². The molecule has 2 rings (SSSR count). The molecule has 0 fully saturated rings. The molecule has 0 saturated carbocycles. The second kappa shape index (κ2) is 6.38. The number of hydrogen-bond acceptors (Lipinski definition) is 4. The number of pyridine rings is 1. The van der Waals surface area contributed by atoms with Gasteiger partial charge >= 0.3 is 0 Å². The van der Waals surface area contributed by atoms with Crippen LogP contribution in [0.5, 0.6) is 5.75 Å². The summed E-state index contributed by atoms with van der Waals surface area (Å²) in [6, 6.07) is 6.79. The number of carbonyl (C=O) groups is 1. The van der Waals surface area contributed by atoms with E-state index >= 15 is 0 Å². The number of amides is 1. The van der Waals surface area contributed by atoms with E-state index < -0.39 is 0 Å². The van der Waals surface area contributed by atoms with Crippen LogP contribution in [0.1, 0.15) is 17.3 Å². The maximum Gasteiger partial charge on any atom is 0.259 e. The molecule has 0 radical (unpaired) electrons. The standard InChI is InChI=1S/C14H14BrN3O2/c1-2-20-13-9(4-3-5-11(13)16)14(19)18-12-6-7-17-8-10(12)15/h3-8H,2,16H2,1H3,(H,17,18,19). The van der Waals surface area contributed by atoms with Crippen LogP contribution < -0.4 is 15.8 Å². The molecular weight excluding hydrogens is 322 g/mol. The summed E-state index contributed by atoms with van der Waals surface area (Å²) in [4.78, 5) is 16.3. The summed E-state index contributed by atoms with van der Waals surface area (Å²) >= 11 is 3.33. The number of nitrogens with one attached hydrogen (secondary N) is 1. The summed E-state index contributed by atoms with van der Waals surface area (Å²) in [5.41, 5.74) is 7.32. The minimum absolute atomic E-state index is 0.285. The van der Waals surface area contributed by atoms with Crippen molar-refractivity contribution in [3.63, 3.8) is 0 Å². The zero-order valence-electron chi connectivity index (χ0n) is 10.9. The number of nitrogen functional groups attached to an aromatic ring is 1. The zero-order chi connectivity index (χ0) is 14.5. The van der Waals surface area contributed by atoms with Gasteiger partial charge in [0.25, 0.3) is 5.91 Å². The van der Waals surface area contributed by atoms with Gasteiger partial charge in [0.15, 0.2) is 5.75 Å². The number of aromatic nitrogens is 1. The first-order valence-electron chi connectivity index (χ1n) is 6.05. The van der Waals surface area contributed by atoms with Crippen molar-refractivity contribution in [3.8, 4) is 5.75 Å². The second-order valence-electron chi connectivity index (χ2n) is 3.97. The third kappa shape index (κ3) is 3.08. The predicted octanol–water partition coefficient (Wildman–Crippen LogP) is 3.08. The van der Waals surface area contributed by atoms with Crippen molar-refractivity contribution in [1.82, 2.24) is 4.98 Å². The van der Waals surface area contributed by atoms with E-state index in [0.717, 1.165) is 0 Å². The average molecular weight is 336 g/mol. The number of halogens is 1. The van der Waals surface area contributed by atoms with Crippen LogP contribution in [0, 0.1) is 0 Å². The van der Waals surface area contributed by atoms with Crippen LogP contribution in [0.25, 0.3) is 0 Å². The highest BCUT2D eigenvalue weighted by Crippen LogP contribution is 2.28. The Morgan fingerprint density at radius 3 is 2.95 bits per heavy atom. The fourth-order valence-corrected chi connectivity index (χ4v) is 2.05. The first-order valence-corrected chi connectivity index (χ1v) is 6.85. The molecule has 20 heavy (non-hydrogen) atoms. The summed E-state index contributed by atoms with van der Waals surface area (Å²) < 4.78 is 6.15. The van der Waals surface area contributed by atoms with Crippen LogP contribution in [0.15, 0.2) is 41.1 Å². The van der Waals surface area contributed by atoms with Crippen molar-refractivity contribution in [2.24, 2.45) is 0 Å². The van der Waals surface area contributed by atoms with Gasteiger partial charge in [-0.15, -0.1) is 0 Å². The molecule has 1 aromatic heterocycles. The lowest BCUT2D eigenvalue weighted by Crippen LogP contribution is -2.15. The number of hydrogen-bond donors (Lipinski definition) is 2. The number of rotatable bonds is 4. The fraction of sp³-hybridized carbons (Fsp3) is 0.143. The number of benzene rings is 1. The summed E-state index contributed by atoms with van der Waals surface area (Å²) in [6.45, 7) is 2.28. The van der Waals surface area contributed by atoms with Gasteiger partial charge in [-0.2, -0.15) is 0 Å². The van der Waals surface area contributed by atoms with Crippen molar-refractivity contribution < 1.29 is 9.53 Å². The van der Waals surface area contributed by atoms with Crippen LogP contribution in [0.4, 0.5) is 11.4 Å². The van der Waals surface area contributed by atoms with Crippen molar-refractivity contribution in [2.75, 3.05) is 17.7 Å². The number of para-hydroxylation sites is 1. The lowest BCUT2D eigenvalue weighted by Gasteiger charge is -2.13. The van der Waals surface area contributed by atoms with E-state index in [-0.39, 0.29) is 5.91 Å². The Bertz CT molecular complexity index is 632. The first kappa shape index (κ1) is 14.3. The van der Waals surface area contributed by atoms with Gasteiger partial charge < -0.3 is 15.8 Å². The normalized spacial score (nSPS) is 10.1. The molecule has 0 bridgehead atoms. The van der Waals surface area contributed by atoms with Gasteiger partial charge in [-0.25, -0.2) is 0 Å². The summed E-state index contributed by atoms with van der Waals surface area (Å²) in [5, 5.41) is 2.79. The molecule has 104 valence electrons. The van der Waals surface area contributed by atoms with Crippen molar-refractivity contribution in [3.05, 3.63) is 46.7 Å². The molecule has 0 aliphatic rings. The molecule has 2 aromatic rings. The van der Waals surface area contributed by atoms with Crippen molar-refractivity contribution in [1.29, 1.82) is 0 Å². The molecule has 1 heterocycles. The highest BCUT2D eigenvalue weighted by atomic mass is 79.9. The molecule has 1 aromatic carbocycles. The van der Waals surface area contributed by atoms with Gasteiger partial charge in [0.2, 0.25) is 0 Å². The minimum atomic E-state index is -0.285. The van der Waals surface area contributed by atoms with E-state index in [9.17, 15) is 4.79 Å². The van der Waals surface area contributed by atoms with Crippen LogP contribution in [0.2, 0.25) is 0 Å². The molecule has 6 heteroatoms. The average Bonchev–Trinajstić information content (AvgIpc) is 2.43. The highest BCUT2D eigenvalue weighted by molar-refractivity contribution is 9.10. The molecule has 3 N–H and O–H groups in total. The number of anilines is 2. The van der Waals surface area contributed by atoms with Gasteiger partial charge in [-0.1, -0.05) is 6.07 Å². The molecule has 0 unspecified atom stereocenters. The molecule has 5 nitrogen and oxygen atoms in total. The molecule has 0 aliphatic carbocycles. The molecule has 0 atom stereocenters. The largest absolute Gasteiger partial charge is 0.491 e. The number of nitrogens with zero attached hydrogens (tertiary/aromatic N) is 1. The van der Waals surface area contributed by atoms with Gasteiger partial charge in [0, 0.05) is 12.4 Å². The molecule has 0 spiro atoms. The Kier molecular flexibility index (Phi) is 4.57. The lowest BCUT2D eigenvalue weighted by atomic mass is 10.1. The lowest BCUT2D eigenvalue weighted by molar-refractivity contribution is 0.102. The van der Waals surface area contributed by atoms with E-state index in [0.29, 0.717) is 33.8 Å². The van der Waals surface area contributed by atoms with Crippen LogP contribution >= 0.6 is 15.9 Å². The van der Waals surface area contributed by atoms with Gasteiger partial charge in [-0.3, -0.25) is 9.78 Å². The maximum absolute atomic E-state index is 12.3. The predicted molar refractivity (Wildman–Crippen MR) is 81.9 cm³/mol. The minimum Gasteiger partial charge on any atom is -0.491 e. The smallest absolute Gasteiger partial charge is 0.259 e. The summed E-state index contributed by atoms with van der Waals surface area (Å²) in [6.07, 6.45) is 3.21. The van der Waals surface area contributed by atoms with Crippen LogP contribution in [-0.4, -0.2) is 17.5 Å². The molecular formula is C14H14BrN3O2. The summed E-state index contributed by atoms with van der Waals surface area (Å²) in [7, 11) is 0. The first-order chi connectivity index (χ1) is 9.63. The van der Waals surface area contributed by atoms with Gasteiger partial charge in [0.1, 0.15) is 0 Å². The third-order valence-corrected chi connectivity index (χ3v) is 3.23. The second-order valence-corrected chi connectivity index (χ2v) is 4.82. The highest BCUT2D eigenvalue weighted by Gasteiger charge is 2.15. The number of nitrogens with two attached hydrogens (primary N) is 1. The Hall–Kier alpha value is -2.08. The Balaban J connectivity index is 2.30. The molecule has 1 amide bonds. The SMILES string of the molecule is CCOc1c(N)cccc1C(=O)Nc1ccncc1Br. The van der Waals surface area contributed by atoms with E-state index in [4.69, 9.17) is 10.5 Å². The van der Waals surface area contributed by atoms with E-state index in [1.807, 2.05) is 6.92 Å². The van der Waals surface area contributed by atoms with Gasteiger partial charge in [0.05, 0.1) is 28.0 Å². The molecule has 0 saturated heterocycles. The zero-order valence-corrected chi connectivity index (χ0v) is 12.5. The Morgan fingerprint density at radius 1 is 1.45 bits per heavy atom. The van der Waals surface area contributed by atoms with Crippen LogP contribution in [-0.2, 0) is 0 Å². The fourth-order valence-electron chi connectivity index (χ4n) is 1.71. The number of carbonyl (C=O) groups excluding carboxylic acids is 1. The van der Waals surface area contributed by atoms with Crippen molar-refractivity contribution in [2.45, 2.75) is 6.92 Å². The maximum atomic E-state index is 12.3. The summed E-state index contributed by atoms with van der Waals surface area (Å²) in [5.74, 6) is 0.116. The molecule has 0 aliphatic heterocycles. The van der Waals surface area contributed by atoms with Crippen molar-refractivity contribution >= 4 is 33.2 Å². The number of ether oxygens (including phenoxy) is 1. The van der Waals surface area contributed by atoms with Crippen LogP contribution in [0.3, 0.4) is 0 Å². The van der Waals surface area contributed by atoms with E-state index in [1.165, 1.54) is 0 Å². The van der Waals surface area contributed by atoms with E-state index in [2.05, 4.69) is 26.2 Å². The Labute approximate surface area is 125 Å². The Morgan fingerprint density at radius 2 is 2.25 bits per heavy atom. The van der Waals surface area contributed by atoms with E-state index in [1.54, 1.807) is 36.7 Å².